The second kappa shape index (κ2) is 2.87. The number of hydrogen-bond acceptors (Lipinski definition) is 6. The Labute approximate surface area is 83.6 Å². The van der Waals surface area contributed by atoms with Crippen LogP contribution in [0, 0.1) is 0 Å². The zero-order chi connectivity index (χ0) is 10.3. The number of aromatic nitrogens is 2. The average molecular weight is 230 g/mol. The fraction of sp³-hybridized carbons (Fsp3) is 0. The number of thiophene rings is 1. The zero-order valence-electron chi connectivity index (χ0n) is 6.84. The Morgan fingerprint density at radius 1 is 1.36 bits per heavy atom. The minimum Gasteiger partial charge on any atom is -0.382 e. The van der Waals surface area contributed by atoms with E-state index in [2.05, 4.69) is 9.97 Å². The van der Waals surface area contributed by atoms with Gasteiger partial charge in [-0.25, -0.2) is 23.5 Å². The Morgan fingerprint density at radius 3 is 2.64 bits per heavy atom. The number of nitrogens with zero attached hydrogens (tertiary/aromatic N) is 2. The van der Waals surface area contributed by atoms with Gasteiger partial charge in [0.15, 0.2) is 0 Å². The molecule has 0 saturated carbocycles. The highest BCUT2D eigenvalue weighted by Crippen LogP contribution is 2.29. The van der Waals surface area contributed by atoms with Crippen molar-refractivity contribution in [3.8, 4) is 0 Å². The van der Waals surface area contributed by atoms with E-state index in [4.69, 9.17) is 10.9 Å². The number of hydrogen-bond donors (Lipinski definition) is 2. The average Bonchev–Trinajstić information content (AvgIpc) is 2.48. The normalized spacial score (nSPS) is 12.1. The molecule has 0 amide bonds. The molecule has 2 rings (SSSR count). The van der Waals surface area contributed by atoms with Gasteiger partial charge in [0, 0.05) is 0 Å². The van der Waals surface area contributed by atoms with Crippen molar-refractivity contribution in [1.29, 1.82) is 0 Å². The van der Waals surface area contributed by atoms with Crippen molar-refractivity contribution >= 4 is 37.4 Å². The quantitative estimate of drug-likeness (QED) is 0.711. The lowest BCUT2D eigenvalue weighted by Crippen LogP contribution is -2.09. The van der Waals surface area contributed by atoms with Crippen molar-refractivity contribution in [3.63, 3.8) is 0 Å². The number of rotatable bonds is 1. The molecule has 0 saturated heterocycles. The third-order valence-corrected chi connectivity index (χ3v) is 4.16. The molecular formula is C6H6N4O2S2. The van der Waals surface area contributed by atoms with Gasteiger partial charge in [-0.3, -0.25) is 0 Å². The lowest BCUT2D eigenvalue weighted by atomic mass is 10.4. The molecule has 0 radical (unpaired) electrons. The van der Waals surface area contributed by atoms with Gasteiger partial charge in [0.05, 0.1) is 10.2 Å². The van der Waals surface area contributed by atoms with Crippen LogP contribution in [-0.2, 0) is 10.0 Å². The number of anilines is 1. The van der Waals surface area contributed by atoms with Crippen molar-refractivity contribution in [1.82, 2.24) is 9.97 Å². The topological polar surface area (TPSA) is 112 Å². The predicted octanol–water partition coefficient (Wildman–Crippen LogP) is -0.0791. The molecule has 4 N–H and O–H groups in total. The van der Waals surface area contributed by atoms with E-state index in [1.165, 1.54) is 12.4 Å². The highest BCUT2D eigenvalue weighted by molar-refractivity contribution is 7.91. The molecule has 2 aromatic heterocycles. The number of nitrogen functional groups attached to an aromatic ring is 1. The van der Waals surface area contributed by atoms with Crippen molar-refractivity contribution in [2.24, 2.45) is 5.14 Å². The summed E-state index contributed by atoms with van der Waals surface area (Å²) in [6.45, 7) is 0. The molecule has 0 spiro atoms. The molecule has 0 unspecified atom stereocenters. The molecule has 14 heavy (non-hydrogen) atoms. The minimum absolute atomic E-state index is 0.0414. The van der Waals surface area contributed by atoms with Crippen molar-refractivity contribution in [3.05, 3.63) is 12.4 Å². The van der Waals surface area contributed by atoms with Gasteiger partial charge in [-0.1, -0.05) is 0 Å². The fourth-order valence-electron chi connectivity index (χ4n) is 0.991. The summed E-state index contributed by atoms with van der Waals surface area (Å²) in [6, 6.07) is 1.38. The first-order valence-corrected chi connectivity index (χ1v) is 5.87. The monoisotopic (exact) mass is 230 g/mol. The number of primary sulfonamides is 1. The number of fused-ring (bicyclic) bond motifs is 1. The number of sulfonamides is 1. The van der Waals surface area contributed by atoms with E-state index in [9.17, 15) is 8.42 Å². The lowest BCUT2D eigenvalue weighted by Gasteiger charge is -1.90. The molecule has 0 aliphatic heterocycles. The van der Waals surface area contributed by atoms with E-state index in [-0.39, 0.29) is 10.0 Å². The summed E-state index contributed by atoms with van der Waals surface area (Å²) in [5.74, 6) is 0.259. The van der Waals surface area contributed by atoms with Gasteiger partial charge >= 0.3 is 0 Å². The Kier molecular flexibility index (Phi) is 1.91. The third-order valence-electron chi connectivity index (χ3n) is 1.60. The molecule has 2 aromatic rings. The molecule has 0 bridgehead atoms. The van der Waals surface area contributed by atoms with Crippen LogP contribution in [0.4, 0.5) is 5.82 Å². The van der Waals surface area contributed by atoms with Gasteiger partial charge in [0.25, 0.3) is 0 Å². The zero-order valence-corrected chi connectivity index (χ0v) is 8.47. The second-order valence-electron chi connectivity index (χ2n) is 2.58. The van der Waals surface area contributed by atoms with Crippen LogP contribution in [0.5, 0.6) is 0 Å². The van der Waals surface area contributed by atoms with Crippen molar-refractivity contribution in [2.45, 2.75) is 4.21 Å². The third kappa shape index (κ3) is 1.43. The lowest BCUT2D eigenvalue weighted by molar-refractivity contribution is 0.600. The van der Waals surface area contributed by atoms with E-state index >= 15 is 0 Å². The highest BCUT2D eigenvalue weighted by atomic mass is 32.2. The Morgan fingerprint density at radius 2 is 2.07 bits per heavy atom. The SMILES string of the molecule is Nc1ncnc2cc(S(N)(=O)=O)sc12. The largest absolute Gasteiger partial charge is 0.382 e. The smallest absolute Gasteiger partial charge is 0.247 e. The molecule has 6 nitrogen and oxygen atoms in total. The summed E-state index contributed by atoms with van der Waals surface area (Å²) in [7, 11) is -3.69. The predicted molar refractivity (Wildman–Crippen MR) is 53.2 cm³/mol. The van der Waals surface area contributed by atoms with Crippen LogP contribution >= 0.6 is 11.3 Å². The van der Waals surface area contributed by atoms with Gasteiger partial charge in [0.2, 0.25) is 10.0 Å². The molecular weight excluding hydrogens is 224 g/mol. The first-order chi connectivity index (χ1) is 6.48. The number of nitrogens with two attached hydrogens (primary N) is 2. The van der Waals surface area contributed by atoms with Crippen LogP contribution in [0.15, 0.2) is 16.6 Å². The van der Waals surface area contributed by atoms with Crippen LogP contribution in [0.1, 0.15) is 0 Å². The summed E-state index contributed by atoms with van der Waals surface area (Å²) < 4.78 is 22.6. The summed E-state index contributed by atoms with van der Waals surface area (Å²) in [4.78, 5) is 7.62. The molecule has 0 fully saturated rings. The van der Waals surface area contributed by atoms with E-state index in [0.29, 0.717) is 10.2 Å². The molecule has 74 valence electrons. The van der Waals surface area contributed by atoms with Crippen molar-refractivity contribution in [2.75, 3.05) is 5.73 Å². The standard InChI is InChI=1S/C6H6N4O2S2/c7-6-5-3(9-2-10-6)1-4(13-5)14(8,11)12/h1-2H,(H2,7,9,10)(H2,8,11,12). The van der Waals surface area contributed by atoms with E-state index in [0.717, 1.165) is 11.3 Å². The Balaban J connectivity index is 2.81. The molecule has 0 aliphatic carbocycles. The van der Waals surface area contributed by atoms with Crippen LogP contribution in [0.25, 0.3) is 10.2 Å². The van der Waals surface area contributed by atoms with Crippen LogP contribution < -0.4 is 10.9 Å². The van der Waals surface area contributed by atoms with E-state index in [1.807, 2.05) is 0 Å². The van der Waals surface area contributed by atoms with Crippen LogP contribution in [0.2, 0.25) is 0 Å². The first kappa shape index (κ1) is 9.31. The van der Waals surface area contributed by atoms with Crippen LogP contribution in [-0.4, -0.2) is 18.4 Å². The van der Waals surface area contributed by atoms with Gasteiger partial charge in [-0.15, -0.1) is 11.3 Å². The summed E-state index contributed by atoms with van der Waals surface area (Å²) in [6.07, 6.45) is 1.28. The van der Waals surface area contributed by atoms with Gasteiger partial charge in [0.1, 0.15) is 16.4 Å². The van der Waals surface area contributed by atoms with Gasteiger partial charge < -0.3 is 5.73 Å². The fourth-order valence-corrected chi connectivity index (χ4v) is 2.73. The van der Waals surface area contributed by atoms with E-state index < -0.39 is 10.0 Å². The molecule has 0 aromatic carbocycles. The maximum Gasteiger partial charge on any atom is 0.247 e. The molecule has 0 atom stereocenters. The summed E-state index contributed by atoms with van der Waals surface area (Å²) >= 11 is 0.968. The first-order valence-electron chi connectivity index (χ1n) is 3.51. The minimum atomic E-state index is -3.69. The van der Waals surface area contributed by atoms with Gasteiger partial charge in [-0.05, 0) is 6.07 Å². The Hall–Kier alpha value is -1.25. The molecule has 0 aliphatic rings. The maximum absolute atomic E-state index is 11.0. The van der Waals surface area contributed by atoms with E-state index in [1.54, 1.807) is 0 Å². The second-order valence-corrected chi connectivity index (χ2v) is 5.42. The van der Waals surface area contributed by atoms with Gasteiger partial charge in [-0.2, -0.15) is 0 Å². The molecule has 8 heteroatoms. The summed E-state index contributed by atoms with van der Waals surface area (Å²) in [5, 5.41) is 4.96. The van der Waals surface area contributed by atoms with Crippen molar-refractivity contribution < 1.29 is 8.42 Å². The maximum atomic E-state index is 11.0. The molecule has 2 heterocycles. The van der Waals surface area contributed by atoms with Crippen LogP contribution in [0.3, 0.4) is 0 Å². The highest BCUT2D eigenvalue weighted by Gasteiger charge is 2.14. The summed E-state index contributed by atoms with van der Waals surface area (Å²) in [5.41, 5.74) is 6.03. The Bertz CT molecular complexity index is 589.